The quantitative estimate of drug-likeness (QED) is 0.579. The van der Waals surface area contributed by atoms with Crippen LogP contribution in [0.5, 0.6) is 0 Å². The number of nitrogens with one attached hydrogen (secondary N) is 1. The number of Topliss-reactive ketones (excluding diaryl/α,β-unsaturated/α-hetero) is 1. The van der Waals surface area contributed by atoms with Crippen LogP contribution in [0.25, 0.3) is 16.5 Å². The van der Waals surface area contributed by atoms with Gasteiger partial charge in [0, 0.05) is 50.1 Å². The molecule has 0 bridgehead atoms. The van der Waals surface area contributed by atoms with Crippen molar-refractivity contribution >= 4 is 39.9 Å². The summed E-state index contributed by atoms with van der Waals surface area (Å²) in [6, 6.07) is 3.28. The second kappa shape index (κ2) is 9.61. The molecule has 0 aromatic carbocycles. The zero-order chi connectivity index (χ0) is 27.2. The number of allylic oxidation sites excluding steroid dienone is 6. The van der Waals surface area contributed by atoms with Crippen molar-refractivity contribution < 1.29 is 23.2 Å². The van der Waals surface area contributed by atoms with E-state index < -0.39 is 24.2 Å². The SMILES string of the molecule is CCC(=O)C1C=C(C)C(c2cc3cnc(NC(=O)[C@H]4CC4(F)F)cc3nc2C(=O)N(C)C)=CC(C)=C1C. The molecular formula is C28H30F2N4O3. The predicted octanol–water partition coefficient (Wildman–Crippen LogP) is 5.20. The third kappa shape index (κ3) is 5.08. The van der Waals surface area contributed by atoms with E-state index in [2.05, 4.69) is 15.3 Å². The second-order valence-corrected chi connectivity index (χ2v) is 9.92. The minimum absolute atomic E-state index is 0.0868. The smallest absolute Gasteiger partial charge is 0.272 e. The maximum absolute atomic E-state index is 13.3. The van der Waals surface area contributed by atoms with Gasteiger partial charge in [0.25, 0.3) is 11.8 Å². The van der Waals surface area contributed by atoms with Crippen LogP contribution in [0.15, 0.2) is 47.2 Å². The molecule has 0 spiro atoms. The van der Waals surface area contributed by atoms with Gasteiger partial charge in [0.15, 0.2) is 0 Å². The Morgan fingerprint density at radius 2 is 1.84 bits per heavy atom. The van der Waals surface area contributed by atoms with Gasteiger partial charge in [0.1, 0.15) is 23.2 Å². The minimum Gasteiger partial charge on any atom is -0.343 e. The Labute approximate surface area is 214 Å². The Morgan fingerprint density at radius 1 is 1.16 bits per heavy atom. The number of amides is 2. The van der Waals surface area contributed by atoms with Gasteiger partial charge >= 0.3 is 0 Å². The third-order valence-electron chi connectivity index (χ3n) is 6.98. The number of ketones is 1. The molecular weight excluding hydrogens is 478 g/mol. The lowest BCUT2D eigenvalue weighted by molar-refractivity contribution is -0.120. The summed E-state index contributed by atoms with van der Waals surface area (Å²) in [4.78, 5) is 48.2. The fourth-order valence-corrected chi connectivity index (χ4v) is 4.43. The van der Waals surface area contributed by atoms with E-state index in [4.69, 9.17) is 0 Å². The van der Waals surface area contributed by atoms with Crippen LogP contribution in [-0.2, 0) is 9.59 Å². The molecule has 2 aliphatic rings. The van der Waals surface area contributed by atoms with Crippen LogP contribution in [0.1, 0.15) is 56.6 Å². The molecule has 2 aliphatic carbocycles. The molecule has 1 saturated carbocycles. The third-order valence-corrected chi connectivity index (χ3v) is 6.98. The highest BCUT2D eigenvalue weighted by Crippen LogP contribution is 2.49. The summed E-state index contributed by atoms with van der Waals surface area (Å²) >= 11 is 0. The monoisotopic (exact) mass is 508 g/mol. The summed E-state index contributed by atoms with van der Waals surface area (Å²) in [5.74, 6) is -5.59. The van der Waals surface area contributed by atoms with Crippen LogP contribution in [0.3, 0.4) is 0 Å². The molecule has 194 valence electrons. The van der Waals surface area contributed by atoms with E-state index in [1.807, 2.05) is 39.8 Å². The maximum Gasteiger partial charge on any atom is 0.272 e. The number of anilines is 1. The van der Waals surface area contributed by atoms with Crippen molar-refractivity contribution in [1.29, 1.82) is 0 Å². The Kier molecular flexibility index (Phi) is 6.83. The largest absolute Gasteiger partial charge is 0.343 e. The number of pyridine rings is 2. The highest BCUT2D eigenvalue weighted by Gasteiger charge is 2.61. The zero-order valence-electron chi connectivity index (χ0n) is 21.8. The van der Waals surface area contributed by atoms with Crippen molar-refractivity contribution in [3.63, 3.8) is 0 Å². The Bertz CT molecular complexity index is 1420. The van der Waals surface area contributed by atoms with Crippen molar-refractivity contribution in [1.82, 2.24) is 14.9 Å². The first-order chi connectivity index (χ1) is 17.3. The van der Waals surface area contributed by atoms with Gasteiger partial charge < -0.3 is 10.2 Å². The van der Waals surface area contributed by atoms with Gasteiger partial charge in [-0.1, -0.05) is 30.2 Å². The van der Waals surface area contributed by atoms with Crippen molar-refractivity contribution in [3.05, 3.63) is 58.5 Å². The van der Waals surface area contributed by atoms with Crippen molar-refractivity contribution in [3.8, 4) is 0 Å². The number of aromatic nitrogens is 2. The van der Waals surface area contributed by atoms with E-state index in [-0.39, 0.29) is 29.1 Å². The average molecular weight is 509 g/mol. The van der Waals surface area contributed by atoms with Crippen LogP contribution in [-0.4, -0.2) is 52.5 Å². The fourth-order valence-electron chi connectivity index (χ4n) is 4.43. The van der Waals surface area contributed by atoms with E-state index in [9.17, 15) is 23.2 Å². The summed E-state index contributed by atoms with van der Waals surface area (Å²) < 4.78 is 26.5. The number of nitrogens with zero attached hydrogens (tertiary/aromatic N) is 3. The van der Waals surface area contributed by atoms with E-state index in [0.29, 0.717) is 22.9 Å². The normalized spacial score (nSPS) is 20.6. The molecule has 2 atom stereocenters. The zero-order valence-corrected chi connectivity index (χ0v) is 21.8. The van der Waals surface area contributed by atoms with E-state index in [1.165, 1.54) is 17.2 Å². The second-order valence-electron chi connectivity index (χ2n) is 9.92. The number of rotatable bonds is 6. The Morgan fingerprint density at radius 3 is 2.43 bits per heavy atom. The predicted molar refractivity (Wildman–Crippen MR) is 138 cm³/mol. The fraction of sp³-hybridized carbons (Fsp3) is 0.393. The summed E-state index contributed by atoms with van der Waals surface area (Å²) in [5, 5.41) is 3.03. The lowest BCUT2D eigenvalue weighted by atomic mass is 9.90. The van der Waals surface area contributed by atoms with E-state index in [0.717, 1.165) is 22.3 Å². The van der Waals surface area contributed by atoms with Gasteiger partial charge in [-0.2, -0.15) is 0 Å². The molecule has 37 heavy (non-hydrogen) atoms. The molecule has 0 saturated heterocycles. The average Bonchev–Trinajstić information content (AvgIpc) is 3.53. The molecule has 0 radical (unpaired) electrons. The van der Waals surface area contributed by atoms with Gasteiger partial charge in [-0.3, -0.25) is 14.4 Å². The lowest BCUT2D eigenvalue weighted by Gasteiger charge is -2.17. The van der Waals surface area contributed by atoms with Crippen LogP contribution in [0.2, 0.25) is 0 Å². The van der Waals surface area contributed by atoms with Gasteiger partial charge in [0.05, 0.1) is 11.4 Å². The van der Waals surface area contributed by atoms with Gasteiger partial charge in [-0.25, -0.2) is 18.7 Å². The van der Waals surface area contributed by atoms with E-state index in [1.54, 1.807) is 20.2 Å². The number of carbonyl (C=O) groups excluding carboxylic acids is 3. The lowest BCUT2D eigenvalue weighted by Crippen LogP contribution is -2.24. The standard InChI is InChI=1S/C28H30F2N4O3/c1-7-23(35)19-9-15(3)18(8-14(2)16(19)4)20-10-17-13-31-24(33-26(36)21-12-28(21,29)30)11-22(17)32-25(20)27(37)34(5)6/h8-11,13,19,21H,7,12H2,1-6H3,(H,31,33,36)/t19?,21-/m1/s1. The highest BCUT2D eigenvalue weighted by molar-refractivity contribution is 6.03. The number of hydrogen-bond donors (Lipinski definition) is 1. The summed E-state index contributed by atoms with van der Waals surface area (Å²) in [6.07, 6.45) is 5.33. The number of hydrogen-bond acceptors (Lipinski definition) is 5. The topological polar surface area (TPSA) is 92.3 Å². The highest BCUT2D eigenvalue weighted by atomic mass is 19.3. The first kappa shape index (κ1) is 26.3. The molecule has 2 aromatic heterocycles. The first-order valence-electron chi connectivity index (χ1n) is 12.2. The molecule has 1 fully saturated rings. The van der Waals surface area contributed by atoms with Crippen LogP contribution in [0, 0.1) is 11.8 Å². The van der Waals surface area contributed by atoms with Crippen LogP contribution < -0.4 is 5.32 Å². The number of carbonyl (C=O) groups is 3. The van der Waals surface area contributed by atoms with Crippen molar-refractivity contribution in [2.75, 3.05) is 19.4 Å². The molecule has 7 nitrogen and oxygen atoms in total. The van der Waals surface area contributed by atoms with Gasteiger partial charge in [-0.05, 0) is 38.0 Å². The summed E-state index contributed by atoms with van der Waals surface area (Å²) in [7, 11) is 3.25. The number of fused-ring (bicyclic) bond motifs is 1. The van der Waals surface area contributed by atoms with E-state index >= 15 is 0 Å². The molecule has 9 heteroatoms. The van der Waals surface area contributed by atoms with Crippen LogP contribution >= 0.6 is 0 Å². The molecule has 2 aromatic rings. The molecule has 1 unspecified atom stereocenters. The number of alkyl halides is 2. The van der Waals surface area contributed by atoms with Gasteiger partial charge in [0.2, 0.25) is 5.91 Å². The molecule has 2 amide bonds. The molecule has 1 N–H and O–H groups in total. The van der Waals surface area contributed by atoms with Crippen LogP contribution in [0.4, 0.5) is 14.6 Å². The molecule has 0 aliphatic heterocycles. The maximum atomic E-state index is 13.3. The number of halogens is 2. The minimum atomic E-state index is -2.98. The van der Waals surface area contributed by atoms with Crippen molar-refractivity contribution in [2.45, 2.75) is 46.5 Å². The van der Waals surface area contributed by atoms with Crippen molar-refractivity contribution in [2.24, 2.45) is 11.8 Å². The molecule has 4 rings (SSSR count). The summed E-state index contributed by atoms with van der Waals surface area (Å²) in [6.45, 7) is 7.64. The Balaban J connectivity index is 1.82. The first-order valence-corrected chi connectivity index (χ1v) is 12.2. The van der Waals surface area contributed by atoms with Gasteiger partial charge in [-0.15, -0.1) is 0 Å². The Hall–Kier alpha value is -3.75. The molecule has 2 heterocycles. The summed E-state index contributed by atoms with van der Waals surface area (Å²) in [5.41, 5.74) is 4.69.